The van der Waals surface area contributed by atoms with Gasteiger partial charge in [-0.05, 0) is 0 Å². The van der Waals surface area contributed by atoms with Crippen LogP contribution in [0.15, 0.2) is 12.7 Å². The van der Waals surface area contributed by atoms with Crippen LogP contribution in [0.4, 0.5) is 5.82 Å². The molecule has 5 unspecified atom stereocenters. The first-order valence-electron chi connectivity index (χ1n) is 11.3. The van der Waals surface area contributed by atoms with Gasteiger partial charge in [0.05, 0.1) is 19.5 Å². The largest absolute Gasteiger partial charge is 0.483 e. The fourth-order valence-electron chi connectivity index (χ4n) is 4.01. The maximum atomic E-state index is 12.3. The van der Waals surface area contributed by atoms with Crippen LogP contribution in [-0.2, 0) is 32.0 Å². The number of rotatable bonds is 10. The van der Waals surface area contributed by atoms with Crippen LogP contribution < -0.4 is 5.73 Å². The predicted molar refractivity (Wildman–Crippen MR) is 123 cm³/mol. The zero-order valence-electron chi connectivity index (χ0n) is 20.0. The van der Waals surface area contributed by atoms with E-state index >= 15 is 0 Å². The first kappa shape index (κ1) is 31.2. The predicted octanol–water partition coefficient (Wildman–Crippen LogP) is -4.56. The molecule has 2 aromatic heterocycles. The van der Waals surface area contributed by atoms with Crippen molar-refractivity contribution >= 4 is 32.6 Å². The highest BCUT2D eigenvalue weighted by Crippen LogP contribution is 2.61. The molecule has 40 heavy (non-hydrogen) atoms. The van der Waals surface area contributed by atoms with Crippen LogP contribution >= 0.6 is 15.6 Å². The van der Waals surface area contributed by atoms with E-state index in [9.17, 15) is 49.6 Å². The van der Waals surface area contributed by atoms with Crippen LogP contribution in [0, 0.1) is 0 Å². The molecule has 4 rings (SSSR count). The standard InChI is InChI=1S/C17H27N5O16P2/c18-14-7-15(20-3-19-14)22(4-21-7)16-11(28)8(25)6(35-16)2-34-39(30,31)38-40(32,33)37-17-12(29)9(26)10(27)13(36-17)5(24)1-23/h3-6,8-13,16-17,23-29H,1-2H2,(H,30,31)(H,32,33)(H2,18,19,20)/t5-,6+,8-,9?,10-,11-,12?,13?,16+,17-/m0/s1. The van der Waals surface area contributed by atoms with E-state index in [0.717, 1.165) is 6.33 Å². The Bertz CT molecular complexity index is 1290. The van der Waals surface area contributed by atoms with Gasteiger partial charge in [-0.1, -0.05) is 0 Å². The first-order chi connectivity index (χ1) is 18.7. The van der Waals surface area contributed by atoms with Crippen LogP contribution in [0.3, 0.4) is 0 Å². The molecule has 11 N–H and O–H groups in total. The number of nitrogen functional groups attached to an aromatic ring is 1. The molecule has 226 valence electrons. The molecule has 0 radical (unpaired) electrons. The molecule has 23 heteroatoms. The fraction of sp³-hybridized carbons (Fsp3) is 0.706. The lowest BCUT2D eigenvalue weighted by Crippen LogP contribution is -2.61. The van der Waals surface area contributed by atoms with Gasteiger partial charge in [0, 0.05) is 0 Å². The lowest BCUT2D eigenvalue weighted by molar-refractivity contribution is -0.292. The summed E-state index contributed by atoms with van der Waals surface area (Å²) in [7, 11) is -11.2. The number of fused-ring (bicyclic) bond motifs is 1. The Morgan fingerprint density at radius 1 is 0.975 bits per heavy atom. The highest BCUT2D eigenvalue weighted by Gasteiger charge is 2.51. The summed E-state index contributed by atoms with van der Waals surface area (Å²) in [6.07, 6.45) is -16.0. The van der Waals surface area contributed by atoms with Crippen molar-refractivity contribution in [3.8, 4) is 0 Å². The Kier molecular flexibility index (Phi) is 9.25. The van der Waals surface area contributed by atoms with Gasteiger partial charge in [0.25, 0.3) is 0 Å². The average molecular weight is 619 g/mol. The monoisotopic (exact) mass is 619 g/mol. The number of imidazole rings is 1. The van der Waals surface area contributed by atoms with Gasteiger partial charge in [0.1, 0.15) is 60.7 Å². The van der Waals surface area contributed by atoms with Crippen molar-refractivity contribution in [2.24, 2.45) is 0 Å². The smallest absolute Gasteiger partial charge is 0.394 e. The number of nitrogens with two attached hydrogens (primary N) is 1. The summed E-state index contributed by atoms with van der Waals surface area (Å²) < 4.78 is 49.6. The SMILES string of the molecule is Nc1ncnc2c1ncn2[C@@H]1O[C@H](COP(=O)(O)OP(=O)(O)O[C@@H]2OC([C@@H](O)CO)[C@@H](O)C(O)C2O)[C@H](O)[C@@H]1O. The van der Waals surface area contributed by atoms with E-state index in [2.05, 4.69) is 28.3 Å². The number of nitrogens with zero attached hydrogens (tertiary/aromatic N) is 4. The molecule has 2 aliphatic heterocycles. The third-order valence-corrected chi connectivity index (χ3v) is 8.62. The molecule has 0 amide bonds. The van der Waals surface area contributed by atoms with Crippen molar-refractivity contribution in [2.75, 3.05) is 18.9 Å². The maximum Gasteiger partial charge on any atom is 0.483 e. The highest BCUT2D eigenvalue weighted by atomic mass is 31.3. The van der Waals surface area contributed by atoms with Gasteiger partial charge in [-0.25, -0.2) is 24.1 Å². The number of phosphoric acid groups is 2. The summed E-state index contributed by atoms with van der Waals surface area (Å²) in [4.78, 5) is 31.6. The molecule has 21 nitrogen and oxygen atoms in total. The number of phosphoric ester groups is 2. The second kappa shape index (κ2) is 11.9. The Hall–Kier alpha value is -1.75. The van der Waals surface area contributed by atoms with E-state index in [0.29, 0.717) is 0 Å². The van der Waals surface area contributed by atoms with Gasteiger partial charge in [-0.15, -0.1) is 0 Å². The minimum Gasteiger partial charge on any atom is -0.394 e. The molecule has 4 heterocycles. The molecular weight excluding hydrogens is 592 g/mol. The molecule has 0 aromatic carbocycles. The normalized spacial score (nSPS) is 36.8. The first-order valence-corrected chi connectivity index (χ1v) is 14.3. The van der Waals surface area contributed by atoms with E-state index in [1.165, 1.54) is 10.9 Å². The topological polar surface area (TPSA) is 332 Å². The van der Waals surface area contributed by atoms with Gasteiger partial charge < -0.3 is 60.7 Å². The van der Waals surface area contributed by atoms with Crippen molar-refractivity contribution in [3.63, 3.8) is 0 Å². The number of hydrogen-bond acceptors (Lipinski definition) is 18. The molecule has 2 aromatic rings. The molecule has 2 aliphatic rings. The van der Waals surface area contributed by atoms with Gasteiger partial charge in [0.15, 0.2) is 24.0 Å². The molecule has 12 atom stereocenters. The maximum absolute atomic E-state index is 12.3. The number of hydrogen-bond donors (Lipinski definition) is 10. The number of aliphatic hydroxyl groups excluding tert-OH is 7. The van der Waals surface area contributed by atoms with Gasteiger partial charge in [0.2, 0.25) is 0 Å². The van der Waals surface area contributed by atoms with E-state index < -0.39 is 90.2 Å². The van der Waals surface area contributed by atoms with E-state index in [1.807, 2.05) is 0 Å². The second-order valence-electron chi connectivity index (χ2n) is 8.74. The Morgan fingerprint density at radius 3 is 2.35 bits per heavy atom. The van der Waals surface area contributed by atoms with E-state index in [4.69, 9.17) is 20.3 Å². The lowest BCUT2D eigenvalue weighted by Gasteiger charge is -2.41. The van der Waals surface area contributed by atoms with Crippen LogP contribution in [-0.4, -0.2) is 133 Å². The van der Waals surface area contributed by atoms with Crippen LogP contribution in [0.1, 0.15) is 6.23 Å². The summed E-state index contributed by atoms with van der Waals surface area (Å²) in [5.41, 5.74) is 6.03. The van der Waals surface area contributed by atoms with Crippen LogP contribution in [0.25, 0.3) is 11.2 Å². The van der Waals surface area contributed by atoms with Crippen molar-refractivity contribution in [1.82, 2.24) is 19.5 Å². The summed E-state index contributed by atoms with van der Waals surface area (Å²) >= 11 is 0. The number of aliphatic hydroxyl groups is 7. The summed E-state index contributed by atoms with van der Waals surface area (Å²) in [5.74, 6) is 0.0302. The van der Waals surface area contributed by atoms with Crippen molar-refractivity contribution < 1.29 is 77.5 Å². The third-order valence-electron chi connectivity index (χ3n) is 6.02. The Balaban J connectivity index is 1.38. The minimum absolute atomic E-state index is 0.0302. The summed E-state index contributed by atoms with van der Waals surface area (Å²) in [6.45, 7) is -1.95. The zero-order valence-corrected chi connectivity index (χ0v) is 21.8. The highest BCUT2D eigenvalue weighted by molar-refractivity contribution is 7.61. The summed E-state index contributed by atoms with van der Waals surface area (Å²) in [5, 5.41) is 69.3. The Labute approximate surface area is 223 Å². The van der Waals surface area contributed by atoms with Crippen LogP contribution in [0.5, 0.6) is 0 Å². The number of ether oxygens (including phenoxy) is 2. The molecule has 0 aliphatic carbocycles. The van der Waals surface area contributed by atoms with E-state index in [-0.39, 0.29) is 17.0 Å². The minimum atomic E-state index is -5.65. The second-order valence-corrected chi connectivity index (χ2v) is 11.7. The molecule has 2 saturated heterocycles. The van der Waals surface area contributed by atoms with Gasteiger partial charge in [-0.3, -0.25) is 13.6 Å². The van der Waals surface area contributed by atoms with Gasteiger partial charge in [-0.2, -0.15) is 4.31 Å². The molecule has 0 saturated carbocycles. The Morgan fingerprint density at radius 2 is 1.68 bits per heavy atom. The lowest BCUT2D eigenvalue weighted by atomic mass is 9.96. The van der Waals surface area contributed by atoms with Crippen molar-refractivity contribution in [3.05, 3.63) is 12.7 Å². The van der Waals surface area contributed by atoms with Crippen molar-refractivity contribution in [2.45, 2.75) is 61.3 Å². The fourth-order valence-corrected chi connectivity index (χ4v) is 6.17. The van der Waals surface area contributed by atoms with Gasteiger partial charge >= 0.3 is 15.6 Å². The number of anilines is 1. The van der Waals surface area contributed by atoms with Crippen molar-refractivity contribution in [1.29, 1.82) is 0 Å². The molecule has 0 bridgehead atoms. The van der Waals surface area contributed by atoms with E-state index in [1.54, 1.807) is 0 Å². The molecular formula is C17H27N5O16P2. The molecule has 2 fully saturated rings. The quantitative estimate of drug-likeness (QED) is 0.112. The van der Waals surface area contributed by atoms with Crippen LogP contribution in [0.2, 0.25) is 0 Å². The summed E-state index contributed by atoms with van der Waals surface area (Å²) in [6, 6.07) is 0. The molecule has 0 spiro atoms. The number of aromatic nitrogens is 4. The third kappa shape index (κ3) is 6.35. The average Bonchev–Trinajstić information content (AvgIpc) is 3.43. The zero-order chi connectivity index (χ0) is 29.6.